The summed E-state index contributed by atoms with van der Waals surface area (Å²) in [6, 6.07) is 10.2. The van der Waals surface area contributed by atoms with Crippen LogP contribution in [0, 0.1) is 12.8 Å². The number of amides is 2. The van der Waals surface area contributed by atoms with Gasteiger partial charge >= 0.3 is 0 Å². The fourth-order valence-corrected chi connectivity index (χ4v) is 4.60. The summed E-state index contributed by atoms with van der Waals surface area (Å²) in [6.45, 7) is 3.58. The number of halogens is 1. The second-order valence-electron chi connectivity index (χ2n) is 7.92. The lowest BCUT2D eigenvalue weighted by molar-refractivity contribution is -0.130. The number of methoxy groups -OCH3 is 1. The fraction of sp³-hybridized carbons (Fsp3) is 0.364. The number of carbonyl (C=O) groups excluding carboxylic acids is 2. The molecule has 4 rings (SSSR count). The van der Waals surface area contributed by atoms with Crippen molar-refractivity contribution < 1.29 is 19.4 Å². The summed E-state index contributed by atoms with van der Waals surface area (Å²) in [7, 11) is 1.50. The van der Waals surface area contributed by atoms with Crippen molar-refractivity contribution in [3.8, 4) is 5.75 Å². The molecule has 4 atom stereocenters. The van der Waals surface area contributed by atoms with Crippen molar-refractivity contribution in [1.29, 1.82) is 0 Å². The Labute approximate surface area is 179 Å². The number of fused-ring (bicyclic) bond motifs is 2. The molecule has 2 aliphatic heterocycles. The van der Waals surface area contributed by atoms with Crippen molar-refractivity contribution in [2.45, 2.75) is 38.0 Å². The Kier molecular flexibility index (Phi) is 5.22. The van der Waals surface area contributed by atoms with Gasteiger partial charge in [-0.3, -0.25) is 14.9 Å². The van der Waals surface area contributed by atoms with Crippen LogP contribution in [0.4, 0.5) is 11.4 Å². The van der Waals surface area contributed by atoms with Crippen LogP contribution in [0.15, 0.2) is 36.4 Å². The molecule has 0 aliphatic carbocycles. The first kappa shape index (κ1) is 20.7. The van der Waals surface area contributed by atoms with Crippen LogP contribution < -0.4 is 20.7 Å². The van der Waals surface area contributed by atoms with Crippen molar-refractivity contribution in [3.63, 3.8) is 0 Å². The van der Waals surface area contributed by atoms with E-state index in [4.69, 9.17) is 16.3 Å². The zero-order valence-corrected chi connectivity index (χ0v) is 17.7. The number of rotatable bonds is 4. The molecule has 0 bridgehead atoms. The molecule has 0 aromatic heterocycles. The average Bonchev–Trinajstić information content (AvgIpc) is 3.23. The number of aliphatic hydroxyl groups is 1. The molecule has 1 fully saturated rings. The molecule has 4 N–H and O–H groups in total. The zero-order valence-electron chi connectivity index (χ0n) is 17.0. The van der Waals surface area contributed by atoms with Crippen molar-refractivity contribution in [1.82, 2.24) is 5.32 Å². The van der Waals surface area contributed by atoms with E-state index in [-0.39, 0.29) is 11.8 Å². The number of anilines is 2. The third-order valence-corrected chi connectivity index (χ3v) is 6.18. The van der Waals surface area contributed by atoms with Gasteiger partial charge < -0.3 is 20.5 Å². The maximum absolute atomic E-state index is 13.5. The van der Waals surface area contributed by atoms with Gasteiger partial charge in [0, 0.05) is 22.3 Å². The predicted octanol–water partition coefficient (Wildman–Crippen LogP) is 2.80. The van der Waals surface area contributed by atoms with Crippen molar-refractivity contribution in [2.24, 2.45) is 5.92 Å². The Morgan fingerprint density at radius 1 is 1.33 bits per heavy atom. The van der Waals surface area contributed by atoms with E-state index >= 15 is 0 Å². The highest BCUT2D eigenvalue weighted by Crippen LogP contribution is 2.48. The molecular formula is C22H24ClN3O4. The number of nitrogens with one attached hydrogen (secondary N) is 3. The minimum Gasteiger partial charge on any atom is -0.495 e. The standard InChI is InChI=1S/C22H24ClN3O4/c1-11-4-6-16-14(8-11)22(21(29)25-16)15(10-17(26-22)12(2)27)20(28)24-18-9-13(23)5-7-19(18)30-3/h4-9,12,15,17,26-27H,10H2,1-3H3,(H,24,28)(H,25,29)/t12-,15+,17-,22-/m1/s1. The number of hydrogen-bond acceptors (Lipinski definition) is 5. The van der Waals surface area contributed by atoms with Gasteiger partial charge in [0.15, 0.2) is 0 Å². The largest absolute Gasteiger partial charge is 0.495 e. The van der Waals surface area contributed by atoms with E-state index in [1.54, 1.807) is 25.1 Å². The summed E-state index contributed by atoms with van der Waals surface area (Å²) in [4.78, 5) is 26.7. The van der Waals surface area contributed by atoms with Gasteiger partial charge in [-0.2, -0.15) is 0 Å². The first-order valence-corrected chi connectivity index (χ1v) is 10.2. The third-order valence-electron chi connectivity index (χ3n) is 5.95. The minimum atomic E-state index is -1.26. The Bertz CT molecular complexity index is 1030. The first-order chi connectivity index (χ1) is 14.3. The Morgan fingerprint density at radius 3 is 2.80 bits per heavy atom. The van der Waals surface area contributed by atoms with E-state index in [1.165, 1.54) is 7.11 Å². The molecule has 2 aromatic rings. The van der Waals surface area contributed by atoms with Crippen molar-refractivity contribution in [3.05, 3.63) is 52.5 Å². The molecule has 2 heterocycles. The second-order valence-corrected chi connectivity index (χ2v) is 8.36. The number of aryl methyl sites for hydroxylation is 1. The van der Waals surface area contributed by atoms with Gasteiger partial charge in [-0.1, -0.05) is 29.3 Å². The number of ether oxygens (including phenoxy) is 1. The fourth-order valence-electron chi connectivity index (χ4n) is 4.43. The highest BCUT2D eigenvalue weighted by molar-refractivity contribution is 6.31. The van der Waals surface area contributed by atoms with Gasteiger partial charge in [-0.05, 0) is 44.5 Å². The number of aliphatic hydroxyl groups excluding tert-OH is 1. The average molecular weight is 430 g/mol. The highest BCUT2D eigenvalue weighted by Gasteiger charge is 2.60. The van der Waals surface area contributed by atoms with E-state index in [1.807, 2.05) is 25.1 Å². The summed E-state index contributed by atoms with van der Waals surface area (Å²) in [5.74, 6) is -0.934. The maximum atomic E-state index is 13.5. The maximum Gasteiger partial charge on any atom is 0.250 e. The molecule has 2 amide bonds. The third kappa shape index (κ3) is 3.23. The summed E-state index contributed by atoms with van der Waals surface area (Å²) in [5, 5.41) is 19.7. The Balaban J connectivity index is 1.76. The van der Waals surface area contributed by atoms with E-state index in [0.717, 1.165) is 5.56 Å². The summed E-state index contributed by atoms with van der Waals surface area (Å²) in [6.07, 6.45) is -0.435. The monoisotopic (exact) mass is 429 g/mol. The molecule has 8 heteroatoms. The van der Waals surface area contributed by atoms with Crippen molar-refractivity contribution in [2.75, 3.05) is 17.7 Å². The molecule has 0 radical (unpaired) electrons. The summed E-state index contributed by atoms with van der Waals surface area (Å²) >= 11 is 6.09. The van der Waals surface area contributed by atoms with Crippen LogP contribution in [-0.4, -0.2) is 36.2 Å². The normalized spacial score (nSPS) is 25.7. The Hall–Kier alpha value is -2.61. The second kappa shape index (κ2) is 7.58. The van der Waals surface area contributed by atoms with Gasteiger partial charge in [0.05, 0.1) is 24.8 Å². The van der Waals surface area contributed by atoms with E-state index < -0.39 is 23.6 Å². The van der Waals surface area contributed by atoms with Gasteiger partial charge in [0.25, 0.3) is 0 Å². The summed E-state index contributed by atoms with van der Waals surface area (Å²) in [5.41, 5.74) is 1.52. The SMILES string of the molecule is COc1ccc(Cl)cc1NC(=O)[C@@H]1C[C@H]([C@@H](C)O)N[C@@]12C(=O)Nc1ccc(C)cc12. The molecule has 1 spiro atoms. The van der Waals surface area contributed by atoms with Crippen LogP contribution in [0.25, 0.3) is 0 Å². The molecule has 2 aromatic carbocycles. The van der Waals surface area contributed by atoms with Gasteiger partial charge in [-0.25, -0.2) is 0 Å². The van der Waals surface area contributed by atoms with Crippen LogP contribution in [0.2, 0.25) is 5.02 Å². The lowest BCUT2D eigenvalue weighted by atomic mass is 9.79. The quantitative estimate of drug-likeness (QED) is 0.599. The lowest BCUT2D eigenvalue weighted by Crippen LogP contribution is -2.53. The van der Waals surface area contributed by atoms with Gasteiger partial charge in [0.2, 0.25) is 11.8 Å². The Morgan fingerprint density at radius 2 is 2.10 bits per heavy atom. The lowest BCUT2D eigenvalue weighted by Gasteiger charge is -2.29. The number of carbonyl (C=O) groups is 2. The first-order valence-electron chi connectivity index (χ1n) is 9.79. The van der Waals surface area contributed by atoms with Crippen molar-refractivity contribution >= 4 is 34.8 Å². The van der Waals surface area contributed by atoms with Crippen LogP contribution in [-0.2, 0) is 15.1 Å². The van der Waals surface area contributed by atoms with Gasteiger partial charge in [0.1, 0.15) is 11.3 Å². The van der Waals surface area contributed by atoms with Crippen LogP contribution in [0.1, 0.15) is 24.5 Å². The molecule has 7 nitrogen and oxygen atoms in total. The van der Waals surface area contributed by atoms with E-state index in [0.29, 0.717) is 34.1 Å². The molecule has 30 heavy (non-hydrogen) atoms. The van der Waals surface area contributed by atoms with Gasteiger partial charge in [-0.15, -0.1) is 0 Å². The van der Waals surface area contributed by atoms with E-state index in [2.05, 4.69) is 16.0 Å². The summed E-state index contributed by atoms with van der Waals surface area (Å²) < 4.78 is 5.33. The molecule has 0 saturated carbocycles. The molecule has 158 valence electrons. The van der Waals surface area contributed by atoms with E-state index in [9.17, 15) is 14.7 Å². The highest BCUT2D eigenvalue weighted by atomic mass is 35.5. The molecule has 1 saturated heterocycles. The van der Waals surface area contributed by atoms with Crippen LogP contribution >= 0.6 is 11.6 Å². The predicted molar refractivity (Wildman–Crippen MR) is 115 cm³/mol. The number of hydrogen-bond donors (Lipinski definition) is 4. The van der Waals surface area contributed by atoms with Crippen LogP contribution in [0.5, 0.6) is 5.75 Å². The minimum absolute atomic E-state index is 0.299. The zero-order chi connectivity index (χ0) is 21.6. The number of benzene rings is 2. The van der Waals surface area contributed by atoms with Crippen LogP contribution in [0.3, 0.4) is 0 Å². The topological polar surface area (TPSA) is 99.7 Å². The molecule has 0 unspecified atom stereocenters. The smallest absolute Gasteiger partial charge is 0.250 e. The molecular weight excluding hydrogens is 406 g/mol. The molecule has 2 aliphatic rings.